The Morgan fingerprint density at radius 3 is 2.07 bits per heavy atom. The molecule has 2 saturated heterocycles. The van der Waals surface area contributed by atoms with Crippen molar-refractivity contribution in [1.82, 2.24) is 0 Å². The van der Waals surface area contributed by atoms with E-state index in [9.17, 15) is 75.7 Å². The first kappa shape index (κ1) is 42.2. The number of methoxy groups -OCH3 is 1. The number of aromatic hydroxyl groups is 6. The number of rotatable bonds is 11. The lowest BCUT2D eigenvalue weighted by Crippen LogP contribution is -2.66. The predicted octanol–water partition coefficient (Wildman–Crippen LogP) is -0.938. The molecule has 2 fully saturated rings. The highest BCUT2D eigenvalue weighted by molar-refractivity contribution is 5.91. The van der Waals surface area contributed by atoms with Crippen LogP contribution in [0.15, 0.2) is 57.8 Å². The van der Waals surface area contributed by atoms with Crippen molar-refractivity contribution >= 4 is 29.0 Å². The number of phenolic OH excluding ortho intramolecular Hbond substituents is 6. The summed E-state index contributed by atoms with van der Waals surface area (Å²) in [5.41, 5.74) is -1.65. The molecule has 3 heterocycles. The van der Waals surface area contributed by atoms with Crippen molar-refractivity contribution in [3.63, 3.8) is 0 Å². The van der Waals surface area contributed by atoms with Gasteiger partial charge in [-0.3, -0.25) is 4.79 Å². The van der Waals surface area contributed by atoms with Crippen LogP contribution in [0.5, 0.6) is 46.0 Å². The van der Waals surface area contributed by atoms with Gasteiger partial charge in [0.05, 0.1) is 13.7 Å². The van der Waals surface area contributed by atoms with E-state index in [-0.39, 0.29) is 16.9 Å². The maximum atomic E-state index is 13.9. The smallest absolute Gasteiger partial charge is 0.335 e. The number of ether oxygens (including phenoxy) is 6. The third-order valence-corrected chi connectivity index (χ3v) is 9.31. The average Bonchev–Trinajstić information content (AvgIpc) is 3.20. The summed E-state index contributed by atoms with van der Waals surface area (Å²) in [7, 11) is 1.13. The minimum absolute atomic E-state index is 0.173. The number of esters is 1. The van der Waals surface area contributed by atoms with Crippen LogP contribution < -0.4 is 14.9 Å². The second kappa shape index (κ2) is 16.8. The summed E-state index contributed by atoms with van der Waals surface area (Å²) >= 11 is 0. The summed E-state index contributed by atoms with van der Waals surface area (Å²) in [6, 6.07) is 7.62. The van der Waals surface area contributed by atoms with Crippen LogP contribution in [-0.4, -0.2) is 148 Å². The normalized spacial score (nSPS) is 27.1. The quantitative estimate of drug-likeness (QED) is 0.0493. The van der Waals surface area contributed by atoms with Crippen LogP contribution in [0.25, 0.3) is 28.4 Å². The zero-order chi connectivity index (χ0) is 43.0. The summed E-state index contributed by atoms with van der Waals surface area (Å²) in [4.78, 5) is 39.4. The van der Waals surface area contributed by atoms with Crippen molar-refractivity contribution in [3.05, 3.63) is 64.3 Å². The van der Waals surface area contributed by atoms with Gasteiger partial charge < -0.3 is 94.1 Å². The number of hydrogen-bond acceptors (Lipinski definition) is 21. The number of fused-ring (bicyclic) bond motifs is 1. The Bertz CT molecular complexity index is 2320. The number of benzene rings is 3. The number of aliphatic hydroxyl groups is 5. The second-order valence-electron chi connectivity index (χ2n) is 13.1. The number of carbonyl (C=O) groups excluding carboxylic acids is 1. The zero-order valence-electron chi connectivity index (χ0n) is 30.1. The van der Waals surface area contributed by atoms with Gasteiger partial charge in [0.1, 0.15) is 47.6 Å². The minimum atomic E-state index is -2.36. The Hall–Kier alpha value is -6.37. The fraction of sp³-hybridized carbons (Fsp3) is 0.324. The van der Waals surface area contributed by atoms with Gasteiger partial charge in [-0.2, -0.15) is 0 Å². The molecule has 10 unspecified atom stereocenters. The summed E-state index contributed by atoms with van der Waals surface area (Å²) < 4.78 is 38.3. The topological polar surface area (TPSA) is 362 Å². The van der Waals surface area contributed by atoms with Crippen LogP contribution in [0.3, 0.4) is 0 Å². The number of carboxylic acid groups (broad SMARTS) is 1. The van der Waals surface area contributed by atoms with Crippen LogP contribution in [0.1, 0.15) is 5.56 Å². The largest absolute Gasteiger partial charge is 0.504 e. The fourth-order valence-corrected chi connectivity index (χ4v) is 6.23. The first-order chi connectivity index (χ1) is 27.9. The number of aliphatic carboxylic acids is 1. The van der Waals surface area contributed by atoms with Gasteiger partial charge >= 0.3 is 11.9 Å². The number of hydrogen-bond donors (Lipinski definition) is 12. The van der Waals surface area contributed by atoms with Gasteiger partial charge in [-0.25, -0.2) is 9.59 Å². The number of aliphatic hydroxyl groups excluding tert-OH is 5. The molecule has 0 aliphatic carbocycles. The Kier molecular flexibility index (Phi) is 12.1. The molecule has 1 aromatic heterocycles. The van der Waals surface area contributed by atoms with Gasteiger partial charge in [0.25, 0.3) is 0 Å². The molecule has 0 spiro atoms. The first-order valence-corrected chi connectivity index (χ1v) is 17.2. The van der Waals surface area contributed by atoms with E-state index in [1.54, 1.807) is 0 Å². The van der Waals surface area contributed by atoms with Crippen molar-refractivity contribution in [1.29, 1.82) is 0 Å². The average molecular weight is 833 g/mol. The maximum Gasteiger partial charge on any atom is 0.335 e. The fourth-order valence-electron chi connectivity index (χ4n) is 6.23. The van der Waals surface area contributed by atoms with E-state index in [2.05, 4.69) is 0 Å². The van der Waals surface area contributed by atoms with Gasteiger partial charge in [-0.05, 0) is 42.0 Å². The molecule has 0 bridgehead atoms. The molecule has 2 aliphatic rings. The van der Waals surface area contributed by atoms with Crippen molar-refractivity contribution in [2.75, 3.05) is 13.7 Å². The molecule has 3 aromatic carbocycles. The zero-order valence-corrected chi connectivity index (χ0v) is 30.1. The van der Waals surface area contributed by atoms with E-state index in [0.29, 0.717) is 0 Å². The van der Waals surface area contributed by atoms with E-state index < -0.39 is 142 Å². The molecule has 4 aromatic rings. The Morgan fingerprint density at radius 2 is 1.44 bits per heavy atom. The van der Waals surface area contributed by atoms with E-state index in [4.69, 9.17) is 32.8 Å². The van der Waals surface area contributed by atoms with E-state index >= 15 is 0 Å². The maximum absolute atomic E-state index is 13.9. The van der Waals surface area contributed by atoms with Crippen LogP contribution >= 0.6 is 0 Å². The summed E-state index contributed by atoms with van der Waals surface area (Å²) in [5, 5.41) is 124. The molecule has 22 heteroatoms. The molecule has 0 amide bonds. The van der Waals surface area contributed by atoms with Crippen molar-refractivity contribution in [2.45, 2.75) is 61.4 Å². The van der Waals surface area contributed by atoms with E-state index in [1.807, 2.05) is 0 Å². The molecule has 22 nitrogen and oxygen atoms in total. The summed E-state index contributed by atoms with van der Waals surface area (Å²) in [6.07, 6.45) is -19.3. The van der Waals surface area contributed by atoms with Crippen LogP contribution in [0.4, 0.5) is 0 Å². The first-order valence-electron chi connectivity index (χ1n) is 17.2. The third-order valence-electron chi connectivity index (χ3n) is 9.31. The number of phenols is 6. The molecule has 12 N–H and O–H groups in total. The molecule has 316 valence electrons. The number of carboxylic acids is 1. The van der Waals surface area contributed by atoms with Gasteiger partial charge in [0.15, 0.2) is 58.8 Å². The molecule has 59 heavy (non-hydrogen) atoms. The standard InChI is InChI=1S/C37H36O22/c1-53-19-10-18-22(25(46)23(19)44)26(47)31(30(54-18)13-4-6-15(40)17(42)9-13)57-36-29(50)28(49)32(34(59-36)35(51)52)58-37-33(27(48)24(45)20(11-38)55-37)56-21(43)7-3-12-2-5-14(39)16(41)8-12/h2-10,20,24,27-29,32-34,36-42,44-46,48-50H,11H2,1H3,(H,51,52). The summed E-state index contributed by atoms with van der Waals surface area (Å²) in [5.74, 6) is -9.16. The summed E-state index contributed by atoms with van der Waals surface area (Å²) in [6.45, 7) is -0.955. The lowest BCUT2D eigenvalue weighted by molar-refractivity contribution is -0.348. The molecule has 6 rings (SSSR count). The molecule has 2 aliphatic heterocycles. The van der Waals surface area contributed by atoms with Gasteiger partial charge in [-0.1, -0.05) is 6.07 Å². The van der Waals surface area contributed by atoms with E-state index in [0.717, 1.165) is 55.7 Å². The Balaban J connectivity index is 1.32. The monoisotopic (exact) mass is 832 g/mol. The molecule has 0 saturated carbocycles. The molecule has 10 atom stereocenters. The van der Waals surface area contributed by atoms with Gasteiger partial charge in [0.2, 0.25) is 23.2 Å². The van der Waals surface area contributed by atoms with Crippen LogP contribution in [0, 0.1) is 0 Å². The van der Waals surface area contributed by atoms with Gasteiger partial charge in [-0.15, -0.1) is 0 Å². The second-order valence-corrected chi connectivity index (χ2v) is 13.1. The number of carbonyl (C=O) groups is 2. The minimum Gasteiger partial charge on any atom is -0.504 e. The molecular weight excluding hydrogens is 796 g/mol. The lowest BCUT2D eigenvalue weighted by atomic mass is 9.96. The van der Waals surface area contributed by atoms with Crippen molar-refractivity contribution in [3.8, 4) is 57.3 Å². The van der Waals surface area contributed by atoms with Gasteiger partial charge in [0, 0.05) is 17.7 Å². The lowest BCUT2D eigenvalue weighted by Gasteiger charge is -2.45. The highest BCUT2D eigenvalue weighted by Crippen LogP contribution is 2.44. The Morgan fingerprint density at radius 1 is 0.780 bits per heavy atom. The molecular formula is C37H36O22. The third kappa shape index (κ3) is 8.19. The van der Waals surface area contributed by atoms with Crippen molar-refractivity contribution in [2.24, 2.45) is 0 Å². The highest BCUT2D eigenvalue weighted by atomic mass is 16.8. The SMILES string of the molecule is COc1cc2oc(-c3ccc(O)c(O)c3)c(OC3OC(C(=O)O)C(OC4OC(CO)C(O)C(O)C4OC(=O)C=Cc4ccc(O)c(O)c4)C(O)C3O)c(=O)c2c(O)c1O. The van der Waals surface area contributed by atoms with Crippen LogP contribution in [0.2, 0.25) is 0 Å². The highest BCUT2D eigenvalue weighted by Gasteiger charge is 2.54. The molecule has 0 radical (unpaired) electrons. The Labute approximate surface area is 329 Å². The van der Waals surface area contributed by atoms with Crippen LogP contribution in [-0.2, 0) is 28.5 Å². The van der Waals surface area contributed by atoms with Crippen molar-refractivity contribution < 1.29 is 104 Å². The predicted molar refractivity (Wildman–Crippen MR) is 191 cm³/mol. The van der Waals surface area contributed by atoms with E-state index in [1.165, 1.54) is 6.07 Å².